The number of hydrogen-bond donors (Lipinski definition) is 1. The molecule has 9 nitrogen and oxygen atoms in total. The Morgan fingerprint density at radius 2 is 1.97 bits per heavy atom. The van der Waals surface area contributed by atoms with Crippen LogP contribution in [0.2, 0.25) is 0 Å². The predicted octanol–water partition coefficient (Wildman–Crippen LogP) is 2.96. The number of anilines is 1. The summed E-state index contributed by atoms with van der Waals surface area (Å²) in [6.45, 7) is 2.36. The van der Waals surface area contributed by atoms with Gasteiger partial charge in [-0.05, 0) is 31.0 Å². The Hall–Kier alpha value is -2.54. The first kappa shape index (κ1) is 23.7. The number of hydrogen-bond acceptors (Lipinski definition) is 7. The molecule has 1 atom stereocenters. The van der Waals surface area contributed by atoms with Gasteiger partial charge in [0, 0.05) is 12.8 Å². The summed E-state index contributed by atoms with van der Waals surface area (Å²) >= 11 is 0. The standard InChI is InChI=1S/C17H22F3N3O6S/c1-5-14(28-3)10-7-11-13(8-12(10)17(18,19)20)21-9-22(15(11)24)23(30(4,26)27)16(25)29-6-2/h7-8,14,21H,5-6,9H2,1-4H3. The van der Waals surface area contributed by atoms with Crippen molar-refractivity contribution in [1.82, 2.24) is 9.42 Å². The van der Waals surface area contributed by atoms with E-state index in [2.05, 4.69) is 5.32 Å². The van der Waals surface area contributed by atoms with Crippen molar-refractivity contribution in [2.45, 2.75) is 32.5 Å². The number of methoxy groups -OCH3 is 1. The van der Waals surface area contributed by atoms with E-state index < -0.39 is 46.5 Å². The van der Waals surface area contributed by atoms with Crippen LogP contribution in [0.4, 0.5) is 23.7 Å². The van der Waals surface area contributed by atoms with Crippen molar-refractivity contribution in [2.24, 2.45) is 0 Å². The zero-order chi connectivity index (χ0) is 22.9. The highest BCUT2D eigenvalue weighted by molar-refractivity contribution is 7.88. The minimum Gasteiger partial charge on any atom is -0.448 e. The second-order valence-electron chi connectivity index (χ2n) is 6.36. The molecule has 0 aliphatic carbocycles. The average molecular weight is 453 g/mol. The van der Waals surface area contributed by atoms with Crippen LogP contribution in [0.15, 0.2) is 12.1 Å². The average Bonchev–Trinajstić information content (AvgIpc) is 2.63. The number of benzene rings is 1. The summed E-state index contributed by atoms with van der Waals surface area (Å²) in [6.07, 6.45) is -6.08. The number of fused-ring (bicyclic) bond motifs is 1. The molecule has 168 valence electrons. The van der Waals surface area contributed by atoms with Gasteiger partial charge in [-0.3, -0.25) is 4.79 Å². The van der Waals surface area contributed by atoms with Gasteiger partial charge in [0.25, 0.3) is 15.9 Å². The van der Waals surface area contributed by atoms with Gasteiger partial charge in [-0.25, -0.2) is 18.2 Å². The summed E-state index contributed by atoms with van der Waals surface area (Å²) in [5, 5.41) is 3.11. The molecule has 1 unspecified atom stereocenters. The summed E-state index contributed by atoms with van der Waals surface area (Å²) in [4.78, 5) is 25.1. The van der Waals surface area contributed by atoms with Crippen molar-refractivity contribution < 1.29 is 40.7 Å². The third-order valence-electron chi connectivity index (χ3n) is 4.34. The highest BCUT2D eigenvalue weighted by Crippen LogP contribution is 2.40. The molecule has 1 N–H and O–H groups in total. The van der Waals surface area contributed by atoms with Gasteiger partial charge in [-0.2, -0.15) is 13.2 Å². The third-order valence-corrected chi connectivity index (χ3v) is 5.31. The summed E-state index contributed by atoms with van der Waals surface area (Å²) < 4.78 is 74.9. The normalized spacial score (nSPS) is 15.3. The number of nitrogens with one attached hydrogen (secondary N) is 1. The largest absolute Gasteiger partial charge is 0.448 e. The van der Waals surface area contributed by atoms with Gasteiger partial charge in [0.15, 0.2) is 0 Å². The van der Waals surface area contributed by atoms with E-state index in [0.29, 0.717) is 11.3 Å². The number of nitrogens with zero attached hydrogens (tertiary/aromatic N) is 2. The lowest BCUT2D eigenvalue weighted by Gasteiger charge is -2.36. The monoisotopic (exact) mass is 453 g/mol. The highest BCUT2D eigenvalue weighted by Gasteiger charge is 2.41. The Morgan fingerprint density at radius 3 is 2.43 bits per heavy atom. The Balaban J connectivity index is 2.61. The Morgan fingerprint density at radius 1 is 1.33 bits per heavy atom. The second-order valence-corrected chi connectivity index (χ2v) is 8.17. The van der Waals surface area contributed by atoms with Crippen LogP contribution >= 0.6 is 0 Å². The molecule has 30 heavy (non-hydrogen) atoms. The van der Waals surface area contributed by atoms with Gasteiger partial charge in [-0.1, -0.05) is 6.92 Å². The minimum atomic E-state index is -4.71. The minimum absolute atomic E-state index is 0.139. The topological polar surface area (TPSA) is 105 Å². The molecule has 0 spiro atoms. The number of carbonyl (C=O) groups is 2. The Bertz CT molecular complexity index is 931. The third kappa shape index (κ3) is 4.61. The molecule has 0 saturated heterocycles. The summed E-state index contributed by atoms with van der Waals surface area (Å²) in [5.41, 5.74) is -1.63. The van der Waals surface area contributed by atoms with Crippen LogP contribution < -0.4 is 5.32 Å². The van der Waals surface area contributed by atoms with Crippen LogP contribution in [-0.2, 0) is 25.7 Å². The Labute approximate surface area is 171 Å². The van der Waals surface area contributed by atoms with Crippen molar-refractivity contribution in [3.63, 3.8) is 0 Å². The van der Waals surface area contributed by atoms with Gasteiger partial charge in [0.1, 0.15) is 6.67 Å². The summed E-state index contributed by atoms with van der Waals surface area (Å²) in [6, 6.07) is 1.78. The predicted molar refractivity (Wildman–Crippen MR) is 99.8 cm³/mol. The molecule has 0 aromatic heterocycles. The van der Waals surface area contributed by atoms with Crippen molar-refractivity contribution in [3.8, 4) is 0 Å². The number of halogens is 3. The molecule has 1 aromatic carbocycles. The van der Waals surface area contributed by atoms with Crippen LogP contribution in [0.25, 0.3) is 0 Å². The molecule has 0 radical (unpaired) electrons. The number of rotatable bonds is 6. The summed E-state index contributed by atoms with van der Waals surface area (Å²) in [7, 11) is -3.03. The molecule has 0 saturated carbocycles. The number of amides is 2. The first-order valence-electron chi connectivity index (χ1n) is 8.87. The maximum atomic E-state index is 13.6. The molecule has 13 heteroatoms. The number of hydrazine groups is 1. The van der Waals surface area contributed by atoms with E-state index in [0.717, 1.165) is 12.1 Å². The fourth-order valence-corrected chi connectivity index (χ4v) is 3.89. The molecule has 2 amide bonds. The van der Waals surface area contributed by atoms with Crippen molar-refractivity contribution in [3.05, 3.63) is 28.8 Å². The number of carbonyl (C=O) groups excluding carboxylic acids is 2. The second kappa shape index (κ2) is 8.68. The van der Waals surface area contributed by atoms with Crippen LogP contribution in [0, 0.1) is 0 Å². The number of alkyl halides is 3. The van der Waals surface area contributed by atoms with E-state index in [1.54, 1.807) is 6.92 Å². The van der Waals surface area contributed by atoms with Gasteiger partial charge in [-0.15, -0.1) is 4.41 Å². The maximum absolute atomic E-state index is 13.6. The quantitative estimate of drug-likeness (QED) is 0.706. The zero-order valence-corrected chi connectivity index (χ0v) is 17.6. The Kier molecular flexibility index (Phi) is 6.87. The lowest BCUT2D eigenvalue weighted by molar-refractivity contribution is -0.139. The molecular formula is C17H22F3N3O6S. The maximum Gasteiger partial charge on any atom is 0.443 e. The fraction of sp³-hybridized carbons (Fsp3) is 0.529. The van der Waals surface area contributed by atoms with E-state index in [-0.39, 0.29) is 34.3 Å². The molecule has 1 aliphatic rings. The van der Waals surface area contributed by atoms with E-state index in [9.17, 15) is 31.2 Å². The smallest absolute Gasteiger partial charge is 0.443 e. The molecule has 1 aromatic rings. The van der Waals surface area contributed by atoms with E-state index >= 15 is 0 Å². The van der Waals surface area contributed by atoms with E-state index in [1.165, 1.54) is 14.0 Å². The molecule has 2 rings (SSSR count). The van der Waals surface area contributed by atoms with Crippen molar-refractivity contribution >= 4 is 27.7 Å². The SMILES string of the molecule is CCOC(=O)N(N1CNc2cc(C(F)(F)F)c(C(CC)OC)cc2C1=O)S(C)(=O)=O. The molecule has 0 bridgehead atoms. The molecule has 1 heterocycles. The number of ether oxygens (including phenoxy) is 2. The number of sulfonamides is 1. The van der Waals surface area contributed by atoms with Gasteiger partial charge in [0.05, 0.1) is 30.1 Å². The fourth-order valence-electron chi connectivity index (χ4n) is 3.07. The summed E-state index contributed by atoms with van der Waals surface area (Å²) in [5.74, 6) is -0.983. The van der Waals surface area contributed by atoms with Gasteiger partial charge < -0.3 is 14.8 Å². The lowest BCUT2D eigenvalue weighted by atomic mass is 9.95. The zero-order valence-electron chi connectivity index (χ0n) is 16.7. The highest BCUT2D eigenvalue weighted by atomic mass is 32.2. The van der Waals surface area contributed by atoms with Crippen LogP contribution in [0.3, 0.4) is 0 Å². The first-order chi connectivity index (χ1) is 13.9. The van der Waals surface area contributed by atoms with Crippen LogP contribution in [0.1, 0.15) is 47.9 Å². The van der Waals surface area contributed by atoms with Gasteiger partial charge >= 0.3 is 12.3 Å². The van der Waals surface area contributed by atoms with E-state index in [4.69, 9.17) is 9.47 Å². The molecule has 0 fully saturated rings. The van der Waals surface area contributed by atoms with Crippen molar-refractivity contribution in [1.29, 1.82) is 0 Å². The van der Waals surface area contributed by atoms with Crippen molar-refractivity contribution in [2.75, 3.05) is 32.0 Å². The lowest BCUT2D eigenvalue weighted by Crippen LogP contribution is -2.56. The van der Waals surface area contributed by atoms with Crippen LogP contribution in [-0.4, -0.2) is 56.5 Å². The van der Waals surface area contributed by atoms with E-state index in [1.807, 2.05) is 0 Å². The van der Waals surface area contributed by atoms with Crippen LogP contribution in [0.5, 0.6) is 0 Å². The van der Waals surface area contributed by atoms with Gasteiger partial charge in [0.2, 0.25) is 0 Å². The first-order valence-corrected chi connectivity index (χ1v) is 10.7. The molecule has 1 aliphatic heterocycles. The molecular weight excluding hydrogens is 431 g/mol.